The summed E-state index contributed by atoms with van der Waals surface area (Å²) in [5.74, 6) is 3.22. The second-order valence-corrected chi connectivity index (χ2v) is 4.79. The summed E-state index contributed by atoms with van der Waals surface area (Å²) in [6, 6.07) is 15.6. The summed E-state index contributed by atoms with van der Waals surface area (Å²) in [4.78, 5) is 12.5. The maximum absolute atomic E-state index is 12.5. The fourth-order valence-electron chi connectivity index (χ4n) is 2.02. The zero-order chi connectivity index (χ0) is 17.4. The van der Waals surface area contributed by atoms with Crippen molar-refractivity contribution < 1.29 is 14.3 Å². The fraction of sp³-hybridized carbons (Fsp3) is 0.100. The van der Waals surface area contributed by atoms with Gasteiger partial charge in [-0.1, -0.05) is 30.2 Å². The first-order valence-corrected chi connectivity index (χ1v) is 7.15. The second kappa shape index (κ2) is 8.22. The highest BCUT2D eigenvalue weighted by Gasteiger charge is 2.13. The monoisotopic (exact) mass is 317 g/mol. The molecule has 4 heteroatoms. The molecule has 0 heterocycles. The minimum Gasteiger partial charge on any atom is -0.497 e. The van der Waals surface area contributed by atoms with Crippen LogP contribution in [-0.2, 0) is 0 Å². The van der Waals surface area contributed by atoms with E-state index in [1.54, 1.807) is 48.5 Å². The largest absolute Gasteiger partial charge is 0.497 e. The van der Waals surface area contributed by atoms with E-state index in [1.807, 2.05) is 6.07 Å². The van der Waals surface area contributed by atoms with Crippen molar-refractivity contribution in [3.63, 3.8) is 0 Å². The average molecular weight is 317 g/mol. The minimum absolute atomic E-state index is 0.0422. The third-order valence-corrected chi connectivity index (χ3v) is 3.21. The van der Waals surface area contributed by atoms with Crippen LogP contribution in [-0.4, -0.2) is 19.5 Å². The molecular formula is C20H15NO3. The van der Waals surface area contributed by atoms with Crippen LogP contribution in [0.3, 0.4) is 0 Å². The number of nitrogens with zero attached hydrogens (tertiary/aromatic N) is 1. The number of nitriles is 1. The van der Waals surface area contributed by atoms with Crippen LogP contribution in [0.5, 0.6) is 11.5 Å². The number of terminal acetylenes is 1. The van der Waals surface area contributed by atoms with Crippen molar-refractivity contribution in [2.45, 2.75) is 0 Å². The molecule has 0 aliphatic heterocycles. The number of carbonyl (C=O) groups is 1. The molecule has 0 radical (unpaired) electrons. The van der Waals surface area contributed by atoms with Crippen molar-refractivity contribution >= 4 is 11.9 Å². The first-order chi connectivity index (χ1) is 11.7. The first kappa shape index (κ1) is 16.9. The lowest BCUT2D eigenvalue weighted by Crippen LogP contribution is -2.02. The molecule has 0 N–H and O–H groups in total. The Balaban J connectivity index is 2.23. The molecule has 0 aromatic heterocycles. The van der Waals surface area contributed by atoms with Crippen LogP contribution in [0.25, 0.3) is 6.08 Å². The number of methoxy groups -OCH3 is 1. The van der Waals surface area contributed by atoms with Crippen LogP contribution in [0.4, 0.5) is 0 Å². The highest BCUT2D eigenvalue weighted by molar-refractivity contribution is 6.14. The normalized spacial score (nSPS) is 10.4. The van der Waals surface area contributed by atoms with Crippen LogP contribution in [0, 0.1) is 23.7 Å². The van der Waals surface area contributed by atoms with Gasteiger partial charge in [-0.25, -0.2) is 0 Å². The van der Waals surface area contributed by atoms with Crippen molar-refractivity contribution in [1.82, 2.24) is 0 Å². The van der Waals surface area contributed by atoms with E-state index in [-0.39, 0.29) is 18.0 Å². The number of carbonyl (C=O) groups excluding carboxylic acids is 1. The third kappa shape index (κ3) is 4.25. The van der Waals surface area contributed by atoms with Crippen molar-refractivity contribution in [3.8, 4) is 29.9 Å². The van der Waals surface area contributed by atoms with Gasteiger partial charge in [-0.2, -0.15) is 5.26 Å². The molecule has 0 fully saturated rings. The standard InChI is InChI=1S/C20H15NO3/c1-3-11-24-18-9-7-15(8-10-18)12-17(14-21)20(22)16-5-4-6-19(13-16)23-2/h1,4-10,12-13H,11H2,2H3. The molecule has 2 aromatic rings. The molecule has 0 saturated heterocycles. The Kier molecular flexibility index (Phi) is 5.77. The number of ether oxygens (including phenoxy) is 2. The van der Waals surface area contributed by atoms with Gasteiger partial charge in [0.2, 0.25) is 5.78 Å². The van der Waals surface area contributed by atoms with E-state index in [1.165, 1.54) is 13.2 Å². The number of hydrogen-bond donors (Lipinski definition) is 0. The number of Topliss-reactive ketones (excluding diaryl/α,β-unsaturated/α-hetero) is 1. The van der Waals surface area contributed by atoms with E-state index in [9.17, 15) is 10.1 Å². The highest BCUT2D eigenvalue weighted by Crippen LogP contribution is 2.19. The minimum atomic E-state index is -0.357. The van der Waals surface area contributed by atoms with Gasteiger partial charge in [0.05, 0.1) is 7.11 Å². The van der Waals surface area contributed by atoms with Gasteiger partial charge >= 0.3 is 0 Å². The Hall–Kier alpha value is -3.50. The van der Waals surface area contributed by atoms with Gasteiger partial charge in [-0.15, -0.1) is 6.42 Å². The molecule has 0 atom stereocenters. The number of benzene rings is 2. The lowest BCUT2D eigenvalue weighted by Gasteiger charge is -2.04. The Morgan fingerprint density at radius 3 is 2.58 bits per heavy atom. The average Bonchev–Trinajstić information content (AvgIpc) is 2.64. The summed E-state index contributed by atoms with van der Waals surface area (Å²) < 4.78 is 10.4. The Morgan fingerprint density at radius 2 is 1.96 bits per heavy atom. The van der Waals surface area contributed by atoms with E-state index < -0.39 is 0 Å². The zero-order valence-electron chi connectivity index (χ0n) is 13.2. The summed E-state index contributed by atoms with van der Waals surface area (Å²) >= 11 is 0. The van der Waals surface area contributed by atoms with Crippen molar-refractivity contribution in [1.29, 1.82) is 5.26 Å². The Bertz CT molecular complexity index is 836. The molecule has 0 saturated carbocycles. The van der Waals surface area contributed by atoms with E-state index >= 15 is 0 Å². The number of rotatable bonds is 6. The zero-order valence-corrected chi connectivity index (χ0v) is 13.2. The molecule has 0 aliphatic carbocycles. The van der Waals surface area contributed by atoms with Crippen molar-refractivity contribution in [2.75, 3.05) is 13.7 Å². The molecule has 0 spiro atoms. The lowest BCUT2D eigenvalue weighted by molar-refractivity contribution is 0.103. The number of hydrogen-bond acceptors (Lipinski definition) is 4. The molecule has 0 bridgehead atoms. The summed E-state index contributed by atoms with van der Waals surface area (Å²) in [6.45, 7) is 0.187. The molecule has 24 heavy (non-hydrogen) atoms. The van der Waals surface area contributed by atoms with Crippen LogP contribution < -0.4 is 9.47 Å². The van der Waals surface area contributed by atoms with Gasteiger partial charge in [0, 0.05) is 5.56 Å². The summed E-state index contributed by atoms with van der Waals surface area (Å²) in [6.07, 6.45) is 6.67. The smallest absolute Gasteiger partial charge is 0.203 e. The van der Waals surface area contributed by atoms with E-state index in [0.717, 1.165) is 5.56 Å². The summed E-state index contributed by atoms with van der Waals surface area (Å²) in [5.41, 5.74) is 1.16. The van der Waals surface area contributed by atoms with Gasteiger partial charge in [-0.05, 0) is 35.9 Å². The molecule has 2 rings (SSSR count). The van der Waals surface area contributed by atoms with Gasteiger partial charge in [0.15, 0.2) is 0 Å². The molecule has 0 amide bonds. The molecule has 0 unspecified atom stereocenters. The van der Waals surface area contributed by atoms with Gasteiger partial charge in [0.1, 0.15) is 29.7 Å². The Labute approximate surface area is 140 Å². The maximum atomic E-state index is 12.5. The van der Waals surface area contributed by atoms with Gasteiger partial charge in [-0.3, -0.25) is 4.79 Å². The van der Waals surface area contributed by atoms with E-state index in [2.05, 4.69) is 5.92 Å². The highest BCUT2D eigenvalue weighted by atomic mass is 16.5. The number of allylic oxidation sites excluding steroid dienone is 1. The summed E-state index contributed by atoms with van der Waals surface area (Å²) in [7, 11) is 1.52. The van der Waals surface area contributed by atoms with Crippen LogP contribution >= 0.6 is 0 Å². The molecule has 0 aliphatic rings. The quantitative estimate of drug-likeness (QED) is 0.354. The van der Waals surface area contributed by atoms with Crippen molar-refractivity contribution in [3.05, 3.63) is 65.2 Å². The number of ketones is 1. The Morgan fingerprint density at radius 1 is 1.21 bits per heavy atom. The molecule has 2 aromatic carbocycles. The SMILES string of the molecule is C#CCOc1ccc(C=C(C#N)C(=O)c2cccc(OC)c2)cc1. The third-order valence-electron chi connectivity index (χ3n) is 3.21. The van der Waals surface area contributed by atoms with Gasteiger partial charge in [0.25, 0.3) is 0 Å². The topological polar surface area (TPSA) is 59.3 Å². The fourth-order valence-corrected chi connectivity index (χ4v) is 2.02. The van der Waals surface area contributed by atoms with Crippen LogP contribution in [0.15, 0.2) is 54.1 Å². The predicted octanol–water partition coefficient (Wildman–Crippen LogP) is 3.50. The first-order valence-electron chi connectivity index (χ1n) is 7.15. The summed E-state index contributed by atoms with van der Waals surface area (Å²) in [5, 5.41) is 9.30. The molecular weight excluding hydrogens is 302 g/mol. The molecule has 4 nitrogen and oxygen atoms in total. The van der Waals surface area contributed by atoms with Crippen LogP contribution in [0.1, 0.15) is 15.9 Å². The van der Waals surface area contributed by atoms with E-state index in [0.29, 0.717) is 17.1 Å². The maximum Gasteiger partial charge on any atom is 0.203 e. The van der Waals surface area contributed by atoms with Crippen LogP contribution in [0.2, 0.25) is 0 Å². The molecule has 118 valence electrons. The van der Waals surface area contributed by atoms with Gasteiger partial charge < -0.3 is 9.47 Å². The van der Waals surface area contributed by atoms with E-state index in [4.69, 9.17) is 15.9 Å². The lowest BCUT2D eigenvalue weighted by atomic mass is 10.0. The van der Waals surface area contributed by atoms with Crippen molar-refractivity contribution in [2.24, 2.45) is 0 Å². The predicted molar refractivity (Wildman–Crippen MR) is 91.7 cm³/mol. The second-order valence-electron chi connectivity index (χ2n) is 4.79.